The molecular formula is C10H13ClN2O4. The van der Waals surface area contributed by atoms with Crippen LogP contribution in [0.2, 0.25) is 5.02 Å². The van der Waals surface area contributed by atoms with Gasteiger partial charge in [-0.15, -0.1) is 0 Å². The van der Waals surface area contributed by atoms with Crippen molar-refractivity contribution in [2.24, 2.45) is 5.73 Å². The molecule has 0 saturated carbocycles. The first-order chi connectivity index (χ1) is 7.97. The van der Waals surface area contributed by atoms with Gasteiger partial charge >= 0.3 is 0 Å². The molecule has 0 spiro atoms. The van der Waals surface area contributed by atoms with Gasteiger partial charge in [-0.2, -0.15) is 0 Å². The van der Waals surface area contributed by atoms with Crippen LogP contribution in [0, 0.1) is 10.1 Å². The number of primary amides is 1. The van der Waals surface area contributed by atoms with E-state index in [1.165, 1.54) is 13.2 Å². The zero-order valence-electron chi connectivity index (χ0n) is 9.69. The standard InChI is InChI=1S/C8H7ClN2O4.C2H6/c1-15-6-3-4(8(10)12)2-5(7(6)9)11(13)14;1-2/h2-3H,1H3,(H2,10,12);1-2H3. The van der Waals surface area contributed by atoms with E-state index in [1.807, 2.05) is 13.8 Å². The number of methoxy groups -OCH3 is 1. The van der Waals surface area contributed by atoms with Gasteiger partial charge in [-0.1, -0.05) is 25.4 Å². The lowest BCUT2D eigenvalue weighted by molar-refractivity contribution is -0.384. The van der Waals surface area contributed by atoms with E-state index in [2.05, 4.69) is 0 Å². The van der Waals surface area contributed by atoms with Crippen LogP contribution in [0.5, 0.6) is 5.75 Å². The van der Waals surface area contributed by atoms with Crippen LogP contribution in [0.3, 0.4) is 0 Å². The summed E-state index contributed by atoms with van der Waals surface area (Å²) < 4.78 is 4.78. The Bertz CT molecular complexity index is 435. The highest BCUT2D eigenvalue weighted by atomic mass is 35.5. The highest BCUT2D eigenvalue weighted by Crippen LogP contribution is 2.34. The van der Waals surface area contributed by atoms with Gasteiger partial charge in [0, 0.05) is 11.6 Å². The molecule has 0 aliphatic heterocycles. The van der Waals surface area contributed by atoms with Crippen LogP contribution in [0.4, 0.5) is 5.69 Å². The Labute approximate surface area is 103 Å². The van der Waals surface area contributed by atoms with Gasteiger partial charge < -0.3 is 10.5 Å². The fraction of sp³-hybridized carbons (Fsp3) is 0.300. The summed E-state index contributed by atoms with van der Waals surface area (Å²) in [7, 11) is 1.29. The molecule has 6 nitrogen and oxygen atoms in total. The molecule has 2 N–H and O–H groups in total. The van der Waals surface area contributed by atoms with E-state index >= 15 is 0 Å². The maximum atomic E-state index is 10.9. The average Bonchev–Trinajstić information content (AvgIpc) is 2.31. The number of nitro groups is 1. The molecule has 0 heterocycles. The smallest absolute Gasteiger partial charge is 0.292 e. The Hall–Kier alpha value is -1.82. The number of ether oxygens (including phenoxy) is 1. The van der Waals surface area contributed by atoms with E-state index in [4.69, 9.17) is 22.1 Å². The Morgan fingerprint density at radius 3 is 2.35 bits per heavy atom. The lowest BCUT2D eigenvalue weighted by atomic mass is 10.2. The van der Waals surface area contributed by atoms with E-state index in [9.17, 15) is 14.9 Å². The van der Waals surface area contributed by atoms with Gasteiger partial charge in [0.25, 0.3) is 5.69 Å². The second-order valence-electron chi connectivity index (χ2n) is 2.63. The fourth-order valence-corrected chi connectivity index (χ4v) is 1.26. The van der Waals surface area contributed by atoms with Crippen LogP contribution in [0.1, 0.15) is 24.2 Å². The number of rotatable bonds is 3. The summed E-state index contributed by atoms with van der Waals surface area (Å²) in [6.07, 6.45) is 0. The van der Waals surface area contributed by atoms with Crippen molar-refractivity contribution >= 4 is 23.2 Å². The van der Waals surface area contributed by atoms with Crippen molar-refractivity contribution in [3.05, 3.63) is 32.8 Å². The zero-order chi connectivity index (χ0) is 13.6. The summed E-state index contributed by atoms with van der Waals surface area (Å²) >= 11 is 5.66. The normalized spacial score (nSPS) is 8.94. The van der Waals surface area contributed by atoms with Gasteiger partial charge in [0.1, 0.15) is 5.75 Å². The number of nitrogens with two attached hydrogens (primary N) is 1. The number of amides is 1. The minimum Gasteiger partial charge on any atom is -0.495 e. The molecule has 0 aliphatic carbocycles. The first kappa shape index (κ1) is 15.2. The van der Waals surface area contributed by atoms with Crippen molar-refractivity contribution < 1.29 is 14.5 Å². The van der Waals surface area contributed by atoms with Gasteiger partial charge in [-0.25, -0.2) is 0 Å². The lowest BCUT2D eigenvalue weighted by Crippen LogP contribution is -2.11. The Kier molecular flexibility index (Phi) is 5.98. The molecule has 94 valence electrons. The molecule has 7 heteroatoms. The van der Waals surface area contributed by atoms with Gasteiger partial charge in [0.05, 0.1) is 12.0 Å². The number of carbonyl (C=O) groups is 1. The largest absolute Gasteiger partial charge is 0.495 e. The van der Waals surface area contributed by atoms with E-state index in [0.717, 1.165) is 6.07 Å². The second kappa shape index (κ2) is 6.70. The van der Waals surface area contributed by atoms with Crippen LogP contribution in [0.25, 0.3) is 0 Å². The summed E-state index contributed by atoms with van der Waals surface area (Å²) in [5.41, 5.74) is 4.56. The van der Waals surface area contributed by atoms with Gasteiger partial charge in [0.2, 0.25) is 5.91 Å². The molecule has 0 radical (unpaired) electrons. The highest BCUT2D eigenvalue weighted by molar-refractivity contribution is 6.34. The second-order valence-corrected chi connectivity index (χ2v) is 3.01. The van der Waals surface area contributed by atoms with E-state index < -0.39 is 16.5 Å². The summed E-state index contributed by atoms with van der Waals surface area (Å²) in [6, 6.07) is 2.25. The average molecular weight is 261 g/mol. The third-order valence-corrected chi connectivity index (χ3v) is 2.10. The SMILES string of the molecule is CC.COc1cc(C(N)=O)cc([N+](=O)[O-])c1Cl. The van der Waals surface area contributed by atoms with Crippen molar-refractivity contribution in [1.82, 2.24) is 0 Å². The summed E-state index contributed by atoms with van der Waals surface area (Å²) in [6.45, 7) is 4.00. The lowest BCUT2D eigenvalue weighted by Gasteiger charge is -2.05. The third-order valence-electron chi connectivity index (χ3n) is 1.72. The number of nitro benzene ring substituents is 1. The molecule has 17 heavy (non-hydrogen) atoms. The summed E-state index contributed by atoms with van der Waals surface area (Å²) in [4.78, 5) is 20.7. The highest BCUT2D eigenvalue weighted by Gasteiger charge is 2.20. The molecular weight excluding hydrogens is 248 g/mol. The van der Waals surface area contributed by atoms with Crippen LogP contribution >= 0.6 is 11.6 Å². The van der Waals surface area contributed by atoms with Crippen molar-refractivity contribution in [2.75, 3.05) is 7.11 Å². The molecule has 0 aliphatic rings. The van der Waals surface area contributed by atoms with Crippen LogP contribution in [-0.2, 0) is 0 Å². The Balaban J connectivity index is 0.00000121. The molecule has 0 bridgehead atoms. The molecule has 1 amide bonds. The molecule has 0 atom stereocenters. The maximum Gasteiger partial charge on any atom is 0.292 e. The van der Waals surface area contributed by atoms with Gasteiger partial charge in [-0.3, -0.25) is 14.9 Å². The minimum absolute atomic E-state index is 0.0250. The quantitative estimate of drug-likeness (QED) is 0.667. The molecule has 0 aromatic heterocycles. The molecule has 1 aromatic rings. The molecule has 0 fully saturated rings. The van der Waals surface area contributed by atoms with Gasteiger partial charge in [-0.05, 0) is 6.07 Å². The first-order valence-corrected chi connectivity index (χ1v) is 5.17. The Morgan fingerprint density at radius 1 is 1.47 bits per heavy atom. The first-order valence-electron chi connectivity index (χ1n) is 4.79. The van der Waals surface area contributed by atoms with Crippen molar-refractivity contribution in [3.8, 4) is 5.75 Å². The number of nitrogens with zero attached hydrogens (tertiary/aromatic N) is 1. The maximum absolute atomic E-state index is 10.9. The van der Waals surface area contributed by atoms with Gasteiger partial charge in [0.15, 0.2) is 5.02 Å². The predicted octanol–water partition coefficient (Wildman–Crippen LogP) is 2.38. The zero-order valence-corrected chi connectivity index (χ0v) is 10.4. The van der Waals surface area contributed by atoms with E-state index in [0.29, 0.717) is 0 Å². The van der Waals surface area contributed by atoms with E-state index in [-0.39, 0.29) is 16.3 Å². The molecule has 0 unspecified atom stereocenters. The third kappa shape index (κ3) is 3.60. The van der Waals surface area contributed by atoms with Crippen molar-refractivity contribution in [3.63, 3.8) is 0 Å². The predicted molar refractivity (Wildman–Crippen MR) is 64.5 cm³/mol. The molecule has 1 rings (SSSR count). The van der Waals surface area contributed by atoms with E-state index in [1.54, 1.807) is 0 Å². The number of benzene rings is 1. The number of hydrogen-bond acceptors (Lipinski definition) is 4. The molecule has 0 saturated heterocycles. The van der Waals surface area contributed by atoms with Crippen molar-refractivity contribution in [1.29, 1.82) is 0 Å². The number of halogens is 1. The summed E-state index contributed by atoms with van der Waals surface area (Å²) in [5.74, 6) is -0.743. The van der Waals surface area contributed by atoms with Crippen molar-refractivity contribution in [2.45, 2.75) is 13.8 Å². The Morgan fingerprint density at radius 2 is 2.00 bits per heavy atom. The summed E-state index contributed by atoms with van der Waals surface area (Å²) in [5, 5.41) is 10.4. The topological polar surface area (TPSA) is 95.5 Å². The van der Waals surface area contributed by atoms with Crippen LogP contribution in [-0.4, -0.2) is 17.9 Å². The minimum atomic E-state index is -0.784. The number of carbonyl (C=O) groups excluding carboxylic acids is 1. The fourth-order valence-electron chi connectivity index (χ4n) is 1.01. The monoisotopic (exact) mass is 260 g/mol. The molecule has 1 aromatic carbocycles. The van der Waals surface area contributed by atoms with Crippen LogP contribution in [0.15, 0.2) is 12.1 Å². The number of hydrogen-bond donors (Lipinski definition) is 1. The van der Waals surface area contributed by atoms with Crippen LogP contribution < -0.4 is 10.5 Å².